The Morgan fingerprint density at radius 1 is 0.529 bits per heavy atom. The number of piperazine rings is 2. The highest BCUT2D eigenvalue weighted by Crippen LogP contribution is 2.26. The van der Waals surface area contributed by atoms with Gasteiger partial charge in [0, 0.05) is 82.2 Å². The predicted octanol–water partition coefficient (Wildman–Crippen LogP) is 9.81. The molecule has 0 aliphatic carbocycles. The van der Waals surface area contributed by atoms with Crippen molar-refractivity contribution in [1.29, 1.82) is 0 Å². The Bertz CT molecular complexity index is 1120. The van der Waals surface area contributed by atoms with Crippen molar-refractivity contribution in [1.82, 2.24) is 20.0 Å². The van der Waals surface area contributed by atoms with Crippen LogP contribution in [0.15, 0.2) is 91.0 Å². The van der Waals surface area contributed by atoms with E-state index < -0.39 is 0 Å². The Morgan fingerprint density at radius 3 is 1.45 bits per heavy atom. The Hall–Kier alpha value is -2.74. The molecule has 3 fully saturated rings. The van der Waals surface area contributed by atoms with Crippen LogP contribution in [-0.2, 0) is 4.74 Å². The van der Waals surface area contributed by atoms with Gasteiger partial charge in [-0.05, 0) is 64.8 Å². The van der Waals surface area contributed by atoms with Crippen LogP contribution in [-0.4, -0.2) is 98.4 Å². The van der Waals surface area contributed by atoms with Crippen LogP contribution in [0.5, 0.6) is 0 Å². The zero-order valence-corrected chi connectivity index (χ0v) is 34.8. The lowest BCUT2D eigenvalue weighted by Gasteiger charge is -2.39. The molecule has 0 radical (unpaired) electrons. The average molecular weight is 704 g/mol. The van der Waals surface area contributed by atoms with Gasteiger partial charge in [-0.3, -0.25) is 14.7 Å². The monoisotopic (exact) mass is 704 g/mol. The molecule has 0 amide bonds. The minimum absolute atomic E-state index is 0.431. The number of ether oxygens (including phenoxy) is 1. The molecule has 0 saturated carbocycles. The van der Waals surface area contributed by atoms with E-state index in [1.165, 1.54) is 29.9 Å². The maximum Gasteiger partial charge on any atom is 0.0664 e. The fourth-order valence-electron chi connectivity index (χ4n) is 6.66. The van der Waals surface area contributed by atoms with Crippen LogP contribution in [0.3, 0.4) is 0 Å². The third-order valence-electron chi connectivity index (χ3n) is 9.32. The number of rotatable bonds is 6. The summed E-state index contributed by atoms with van der Waals surface area (Å²) >= 11 is 0. The third-order valence-corrected chi connectivity index (χ3v) is 9.32. The Balaban J connectivity index is 0.000000356. The molecule has 3 aromatic rings. The van der Waals surface area contributed by atoms with E-state index in [0.717, 1.165) is 52.5 Å². The van der Waals surface area contributed by atoms with Gasteiger partial charge in [0.15, 0.2) is 0 Å². The van der Waals surface area contributed by atoms with Gasteiger partial charge in [-0.25, -0.2) is 0 Å². The Labute approximate surface area is 315 Å². The van der Waals surface area contributed by atoms with Gasteiger partial charge in [-0.2, -0.15) is 0 Å². The summed E-state index contributed by atoms with van der Waals surface area (Å²) in [6.45, 7) is 36.4. The average Bonchev–Trinajstić information content (AvgIpc) is 3.21. The molecule has 6 nitrogen and oxygen atoms in total. The van der Waals surface area contributed by atoms with Crippen molar-refractivity contribution >= 4 is 5.69 Å². The minimum atomic E-state index is 0.431. The summed E-state index contributed by atoms with van der Waals surface area (Å²) in [5.41, 5.74) is 4.16. The highest BCUT2D eigenvalue weighted by atomic mass is 16.5. The van der Waals surface area contributed by atoms with E-state index >= 15 is 0 Å². The first-order valence-electron chi connectivity index (χ1n) is 20.3. The molecular weight excluding hydrogens is 627 g/mol. The number of hydrogen-bond acceptors (Lipinski definition) is 6. The molecule has 3 aromatic carbocycles. The summed E-state index contributed by atoms with van der Waals surface area (Å²) in [7, 11) is 0. The van der Waals surface area contributed by atoms with Crippen LogP contribution < -0.4 is 10.2 Å². The number of nitrogens with zero attached hydrogens (tertiary/aromatic N) is 4. The smallest absolute Gasteiger partial charge is 0.0664 e. The number of morpholine rings is 1. The van der Waals surface area contributed by atoms with Crippen molar-refractivity contribution < 1.29 is 4.74 Å². The summed E-state index contributed by atoms with van der Waals surface area (Å²) in [6.07, 6.45) is 0. The van der Waals surface area contributed by atoms with Crippen LogP contribution in [0, 0.1) is 0 Å². The zero-order valence-electron chi connectivity index (χ0n) is 34.8. The highest BCUT2D eigenvalue weighted by molar-refractivity contribution is 5.46. The van der Waals surface area contributed by atoms with Crippen LogP contribution in [0.2, 0.25) is 0 Å². The van der Waals surface area contributed by atoms with Crippen molar-refractivity contribution in [3.05, 3.63) is 102 Å². The van der Waals surface area contributed by atoms with Gasteiger partial charge in [0.2, 0.25) is 0 Å². The standard InChI is InChI=1S/2C13H20N2.C13H19NO.3C2H6/c1-12(2)14-8-10-15(11-9-14)13-6-4-3-5-7-13;1-11(2)15-9-8-14-10-13(15)12-6-4-3-5-7-12;1-11(2)14-8-9-15-10-13(14)12-6-4-3-5-7-12;3*1-2/h3-7,12H,8-11H2,1-2H3;3-7,11,13-14H,8-10H2,1-2H3;3-7,11,13H,8-10H2,1-2H3;3*1-2H3. The first-order chi connectivity index (χ1) is 24.8. The number of anilines is 1. The van der Waals surface area contributed by atoms with Crippen LogP contribution in [0.1, 0.15) is 106 Å². The molecule has 3 aliphatic rings. The maximum absolute atomic E-state index is 5.58. The molecule has 1 N–H and O–H groups in total. The van der Waals surface area contributed by atoms with Gasteiger partial charge in [-0.15, -0.1) is 0 Å². The first kappa shape index (κ1) is 46.3. The lowest BCUT2D eigenvalue weighted by Crippen LogP contribution is -2.48. The topological polar surface area (TPSA) is 34.2 Å². The summed E-state index contributed by atoms with van der Waals surface area (Å²) in [4.78, 5) is 10.1. The van der Waals surface area contributed by atoms with Crippen LogP contribution in [0.4, 0.5) is 5.69 Å². The normalized spacial score (nSPS) is 19.5. The lowest BCUT2D eigenvalue weighted by molar-refractivity contribution is -0.0233. The molecule has 51 heavy (non-hydrogen) atoms. The summed E-state index contributed by atoms with van der Waals surface area (Å²) < 4.78 is 5.58. The van der Waals surface area contributed by atoms with Crippen LogP contribution in [0.25, 0.3) is 0 Å². The molecule has 3 saturated heterocycles. The van der Waals surface area contributed by atoms with Crippen molar-refractivity contribution in [2.75, 3.05) is 70.5 Å². The van der Waals surface area contributed by atoms with E-state index in [-0.39, 0.29) is 0 Å². The Kier molecular flexibility index (Phi) is 25.3. The second kappa shape index (κ2) is 27.9. The van der Waals surface area contributed by atoms with Crippen molar-refractivity contribution in [3.63, 3.8) is 0 Å². The van der Waals surface area contributed by atoms with Gasteiger partial charge in [0.25, 0.3) is 0 Å². The van der Waals surface area contributed by atoms with E-state index in [1.807, 2.05) is 41.5 Å². The summed E-state index contributed by atoms with van der Waals surface area (Å²) in [6, 6.07) is 35.0. The van der Waals surface area contributed by atoms with Crippen molar-refractivity contribution in [2.24, 2.45) is 0 Å². The minimum Gasteiger partial charge on any atom is -0.378 e. The first-order valence-corrected chi connectivity index (χ1v) is 20.3. The number of para-hydroxylation sites is 1. The zero-order chi connectivity index (χ0) is 38.0. The maximum atomic E-state index is 5.58. The molecule has 2 unspecified atom stereocenters. The second-order valence-corrected chi connectivity index (χ2v) is 13.2. The van der Waals surface area contributed by atoms with E-state index in [4.69, 9.17) is 4.74 Å². The summed E-state index contributed by atoms with van der Waals surface area (Å²) in [5.74, 6) is 0. The molecule has 0 bridgehead atoms. The quantitative estimate of drug-likeness (QED) is 0.275. The SMILES string of the molecule is CC.CC.CC.CC(C)N1CCN(c2ccccc2)CC1.CC(C)N1CCNCC1c1ccccc1.CC(C)N1CCOCC1c1ccccc1. The van der Waals surface area contributed by atoms with E-state index in [1.54, 1.807) is 0 Å². The van der Waals surface area contributed by atoms with E-state index in [9.17, 15) is 0 Å². The predicted molar refractivity (Wildman–Crippen MR) is 225 cm³/mol. The number of nitrogens with one attached hydrogen (secondary N) is 1. The third kappa shape index (κ3) is 16.2. The largest absolute Gasteiger partial charge is 0.378 e. The molecule has 0 aromatic heterocycles. The van der Waals surface area contributed by atoms with Gasteiger partial charge in [0.1, 0.15) is 0 Å². The Morgan fingerprint density at radius 2 is 0.980 bits per heavy atom. The van der Waals surface area contributed by atoms with E-state index in [2.05, 4.69) is 157 Å². The molecule has 6 rings (SSSR count). The molecule has 3 aliphatic heterocycles. The van der Waals surface area contributed by atoms with Gasteiger partial charge < -0.3 is 15.0 Å². The van der Waals surface area contributed by atoms with Gasteiger partial charge in [-0.1, -0.05) is 120 Å². The summed E-state index contributed by atoms with van der Waals surface area (Å²) in [5, 5.41) is 3.48. The van der Waals surface area contributed by atoms with Crippen molar-refractivity contribution in [2.45, 2.75) is 113 Å². The molecular formula is C45H77N5O. The molecule has 3 heterocycles. The fraction of sp³-hybridized carbons (Fsp3) is 0.600. The highest BCUT2D eigenvalue weighted by Gasteiger charge is 2.26. The molecule has 6 heteroatoms. The molecule has 2 atom stereocenters. The number of hydrogen-bond donors (Lipinski definition) is 1. The second-order valence-electron chi connectivity index (χ2n) is 13.2. The van der Waals surface area contributed by atoms with Gasteiger partial charge >= 0.3 is 0 Å². The number of benzene rings is 3. The lowest BCUT2D eigenvalue weighted by atomic mass is 10.0. The molecule has 288 valence electrons. The molecule has 0 spiro atoms. The fourth-order valence-corrected chi connectivity index (χ4v) is 6.66. The van der Waals surface area contributed by atoms with Gasteiger partial charge in [0.05, 0.1) is 19.3 Å². The van der Waals surface area contributed by atoms with E-state index in [0.29, 0.717) is 30.2 Å². The van der Waals surface area contributed by atoms with Crippen molar-refractivity contribution in [3.8, 4) is 0 Å². The van der Waals surface area contributed by atoms with Crippen LogP contribution >= 0.6 is 0 Å².